The summed E-state index contributed by atoms with van der Waals surface area (Å²) >= 11 is 0.966. The molecule has 3 aromatic carbocycles. The second-order valence-corrected chi connectivity index (χ2v) is 26.2. The third-order valence-corrected chi connectivity index (χ3v) is 19.9. The molecule has 496 valence electrons. The van der Waals surface area contributed by atoms with Crippen LogP contribution in [0.1, 0.15) is 143 Å². The molecule has 7 heterocycles. The fourth-order valence-electron chi connectivity index (χ4n) is 13.1. The minimum Gasteiger partial charge on any atom is -0.370 e. The van der Waals surface area contributed by atoms with Crippen LogP contribution in [0.3, 0.4) is 0 Å². The molecule has 0 saturated carbocycles. The molecule has 93 heavy (non-hydrogen) atoms. The number of rotatable bonds is 20. The summed E-state index contributed by atoms with van der Waals surface area (Å²) in [7, 11) is -3.40. The van der Waals surface area contributed by atoms with Crippen molar-refractivity contribution in [2.24, 2.45) is 11.7 Å². The number of primary amides is 1. The molecular formula is C64H73F4N10O13PS. The zero-order valence-electron chi connectivity index (χ0n) is 51.0. The lowest BCUT2D eigenvalue weighted by Crippen LogP contribution is -2.62. The van der Waals surface area contributed by atoms with Crippen LogP contribution >= 0.6 is 19.9 Å². The van der Waals surface area contributed by atoms with E-state index in [1.54, 1.807) is 29.2 Å². The number of likely N-dealkylation sites (tertiary alicyclic amines) is 2. The summed E-state index contributed by atoms with van der Waals surface area (Å²) in [5.74, 6) is -1.99. The number of nitrogens with two attached hydrogens (primary N) is 1. The lowest BCUT2D eigenvalue weighted by molar-refractivity contribution is -0.189. The first kappa shape index (κ1) is 67.9. The number of likely N-dealkylation sites (N-methyl/N-ethyl adjacent to an activating group) is 1. The standard InChI is InChI=1S/C64H73F4N10O13PS/c1-2-74-27-24-43-15-17-50(78(43)62(88)48(36-74)72-58(84)52-34-41-33-42(14-19-51(41)93-52)64(67,68)91-92(89)90)57(83)70-46(16-20-53(69)79)55(81)71-47(32-38-10-12-40(13-11-38)59(85)76-30-25-63(65,66)26-31-76)61(87)75-28-22-37(23-29-75)6-3-4-7-39-8-5-9-44-45(39)35-77(60(44)86)49-18-21-54(80)73-56(49)82/h5,8-14,19,33-34,37,43,46-50,89-90H,2-3,6,15-18,20-32,35-36H2,1H3,(H2,69,79)(H,70,83)(H,71,81)(H,72,84)(H,73,80,82)/t43-,46+,47+,48+,49?,50+/m1/s1. The Labute approximate surface area is 538 Å². The summed E-state index contributed by atoms with van der Waals surface area (Å²) in [6.45, 7) is 3.48. The number of fused-ring (bicyclic) bond motifs is 3. The highest BCUT2D eigenvalue weighted by Gasteiger charge is 2.47. The number of alkyl halides is 4. The number of amides is 10. The Morgan fingerprint density at radius 3 is 2.32 bits per heavy atom. The number of piperidine rings is 3. The first-order valence-corrected chi connectivity index (χ1v) is 33.2. The molecule has 23 nitrogen and oxygen atoms in total. The van der Waals surface area contributed by atoms with E-state index in [1.165, 1.54) is 39.0 Å². The van der Waals surface area contributed by atoms with Gasteiger partial charge < -0.3 is 56.0 Å². The highest BCUT2D eigenvalue weighted by molar-refractivity contribution is 7.39. The molecule has 1 aromatic heterocycles. The van der Waals surface area contributed by atoms with Crippen LogP contribution in [0.2, 0.25) is 0 Å². The fraction of sp³-hybridized carbons (Fsp3) is 0.500. The zero-order valence-corrected chi connectivity index (χ0v) is 52.7. The van der Waals surface area contributed by atoms with Gasteiger partial charge in [0.1, 0.15) is 30.2 Å². The van der Waals surface area contributed by atoms with E-state index in [-0.39, 0.29) is 98.3 Å². The van der Waals surface area contributed by atoms with E-state index in [4.69, 9.17) is 15.5 Å². The van der Waals surface area contributed by atoms with Gasteiger partial charge in [0.25, 0.3) is 23.6 Å². The number of nitrogens with one attached hydrogen (secondary N) is 4. The van der Waals surface area contributed by atoms with E-state index in [0.717, 1.165) is 23.5 Å². The smallest absolute Gasteiger partial charge is 0.370 e. The summed E-state index contributed by atoms with van der Waals surface area (Å²) in [5.41, 5.74) is 7.50. The van der Waals surface area contributed by atoms with E-state index >= 15 is 0 Å². The van der Waals surface area contributed by atoms with E-state index < -0.39 is 123 Å². The molecule has 10 amide bonds. The Morgan fingerprint density at radius 1 is 0.882 bits per heavy atom. The van der Waals surface area contributed by atoms with E-state index in [9.17, 15) is 65.5 Å². The van der Waals surface area contributed by atoms with Gasteiger partial charge in [-0.25, -0.2) is 13.3 Å². The fourth-order valence-corrected chi connectivity index (χ4v) is 14.4. The molecule has 0 bridgehead atoms. The van der Waals surface area contributed by atoms with E-state index in [2.05, 4.69) is 37.6 Å². The molecule has 10 rings (SSSR count). The van der Waals surface area contributed by atoms with E-state index in [1.807, 2.05) is 17.9 Å². The minimum absolute atomic E-state index is 0.0468. The van der Waals surface area contributed by atoms with Crippen molar-refractivity contribution in [2.45, 2.75) is 152 Å². The maximum atomic E-state index is 14.8. The Hall–Kier alpha value is -7.93. The number of nitrogens with zero attached hydrogens (tertiary/aromatic N) is 5. The number of benzene rings is 3. The SMILES string of the molecule is CCN1CC[C@H]2CC[C@@H](C(=O)N[C@@H](CCC(N)=O)C(=O)N[C@@H](Cc3ccc(C(=O)N4CCC(F)(F)CC4)cc3)C(=O)N3CCC(CCC#Cc4cccc5c4CN(C4CCC(=O)NC4=O)C5=O)CC3)N2C(=O)[C@@H](NC(=O)c2cc3cc(C(F)(F)OP(O)O)ccc3s2)C1. The third kappa shape index (κ3) is 16.2. The van der Waals surface area contributed by atoms with Gasteiger partial charge >= 0.3 is 14.7 Å². The van der Waals surface area contributed by atoms with Crippen LogP contribution in [0, 0.1) is 17.8 Å². The molecule has 29 heteroatoms. The first-order chi connectivity index (χ1) is 44.3. The van der Waals surface area contributed by atoms with Crippen molar-refractivity contribution < 1.29 is 79.8 Å². The predicted molar refractivity (Wildman–Crippen MR) is 330 cm³/mol. The van der Waals surface area contributed by atoms with Crippen molar-refractivity contribution in [3.63, 3.8) is 0 Å². The summed E-state index contributed by atoms with van der Waals surface area (Å²) < 4.78 is 61.7. The second kappa shape index (κ2) is 29.2. The summed E-state index contributed by atoms with van der Waals surface area (Å²) in [5, 5.41) is 10.9. The molecule has 5 fully saturated rings. The number of halogens is 4. The molecule has 4 aromatic rings. The van der Waals surface area contributed by atoms with Gasteiger partial charge in [0.15, 0.2) is 0 Å². The van der Waals surface area contributed by atoms with Crippen molar-refractivity contribution in [2.75, 3.05) is 45.8 Å². The molecule has 6 atom stereocenters. The minimum atomic E-state index is -4.05. The van der Waals surface area contributed by atoms with Crippen LogP contribution < -0.4 is 27.0 Å². The Bertz CT molecular complexity index is 3620. The van der Waals surface area contributed by atoms with Gasteiger partial charge in [0, 0.05) is 112 Å². The largest absolute Gasteiger partial charge is 0.389 e. The average Bonchev–Trinajstić information content (AvgIpc) is 1.67. The van der Waals surface area contributed by atoms with E-state index in [0.29, 0.717) is 91.7 Å². The number of carbonyl (C=O) groups excluding carboxylic acids is 10. The third-order valence-electron chi connectivity index (χ3n) is 18.4. The zero-order chi connectivity index (χ0) is 66.5. The van der Waals surface area contributed by atoms with Gasteiger partial charge in [0.05, 0.1) is 10.4 Å². The molecule has 6 aliphatic rings. The highest BCUT2D eigenvalue weighted by Crippen LogP contribution is 2.43. The normalized spacial score (nSPS) is 21.8. The van der Waals surface area contributed by atoms with Gasteiger partial charge in [0.2, 0.25) is 41.4 Å². The summed E-state index contributed by atoms with van der Waals surface area (Å²) in [4.78, 5) is 163. The molecule has 0 aliphatic carbocycles. The number of thiophene rings is 1. The monoisotopic (exact) mass is 1330 g/mol. The Morgan fingerprint density at radius 2 is 1.62 bits per heavy atom. The Kier molecular flexibility index (Phi) is 21.3. The number of carbonyl (C=O) groups is 10. The molecule has 0 radical (unpaired) electrons. The number of hydrogen-bond donors (Lipinski definition) is 7. The molecule has 6 aliphatic heterocycles. The van der Waals surface area contributed by atoms with Crippen molar-refractivity contribution >= 4 is 89.1 Å². The highest BCUT2D eigenvalue weighted by atomic mass is 32.1. The van der Waals surface area contributed by atoms with Crippen LogP contribution in [-0.4, -0.2) is 181 Å². The van der Waals surface area contributed by atoms with Crippen molar-refractivity contribution in [3.05, 3.63) is 105 Å². The van der Waals surface area contributed by atoms with Gasteiger partial charge in [-0.05, 0) is 129 Å². The molecular weight excluding hydrogens is 1260 g/mol. The first-order valence-electron chi connectivity index (χ1n) is 31.2. The Balaban J connectivity index is 0.819. The second-order valence-electron chi connectivity index (χ2n) is 24.4. The molecule has 1 unspecified atom stereocenters. The predicted octanol–water partition coefficient (Wildman–Crippen LogP) is 4.54. The molecule has 0 spiro atoms. The number of imide groups is 1. The maximum Gasteiger partial charge on any atom is 0.389 e. The lowest BCUT2D eigenvalue weighted by Gasteiger charge is -2.38. The van der Waals surface area contributed by atoms with Crippen LogP contribution in [0.25, 0.3) is 10.1 Å². The molecule has 5 saturated heterocycles. The van der Waals surface area contributed by atoms with Crippen molar-refractivity contribution in [3.8, 4) is 11.8 Å². The summed E-state index contributed by atoms with van der Waals surface area (Å²) in [6, 6.07) is 9.92. The quantitative estimate of drug-likeness (QED) is 0.0277. The topological polar surface area (TPSA) is 311 Å². The van der Waals surface area contributed by atoms with Crippen LogP contribution in [0.4, 0.5) is 17.6 Å². The maximum absolute atomic E-state index is 14.8. The van der Waals surface area contributed by atoms with Crippen molar-refractivity contribution in [1.29, 1.82) is 0 Å². The van der Waals surface area contributed by atoms with Gasteiger partial charge in [-0.3, -0.25) is 53.3 Å². The average molecular weight is 1330 g/mol. The van der Waals surface area contributed by atoms with Crippen LogP contribution in [0.5, 0.6) is 0 Å². The number of hydrogen-bond acceptors (Lipinski definition) is 15. The summed E-state index contributed by atoms with van der Waals surface area (Å²) in [6.07, 6.45) is -2.01. The van der Waals surface area contributed by atoms with Crippen LogP contribution in [0.15, 0.2) is 66.7 Å². The van der Waals surface area contributed by atoms with Crippen molar-refractivity contribution in [1.82, 2.24) is 45.8 Å². The van der Waals surface area contributed by atoms with Gasteiger partial charge in [-0.2, -0.15) is 8.78 Å². The van der Waals surface area contributed by atoms with Crippen LogP contribution in [-0.2, 0) is 57.2 Å². The lowest BCUT2D eigenvalue weighted by atomic mass is 9.91. The van der Waals surface area contributed by atoms with Gasteiger partial charge in [-0.15, -0.1) is 11.3 Å². The van der Waals surface area contributed by atoms with Gasteiger partial charge in [-0.1, -0.05) is 37.0 Å². The molecule has 8 N–H and O–H groups in total.